The van der Waals surface area contributed by atoms with Crippen molar-refractivity contribution >= 4 is 57.9 Å². The Bertz CT molecular complexity index is 1200. The van der Waals surface area contributed by atoms with E-state index in [0.717, 1.165) is 11.1 Å². The first-order valence-electron chi connectivity index (χ1n) is 8.69. The third kappa shape index (κ3) is 3.30. The Morgan fingerprint density at radius 1 is 1.28 bits per heavy atom. The summed E-state index contributed by atoms with van der Waals surface area (Å²) in [6, 6.07) is 8.14. The monoisotopic (exact) mass is 427 g/mol. The van der Waals surface area contributed by atoms with Gasteiger partial charge in [0.15, 0.2) is 11.5 Å². The van der Waals surface area contributed by atoms with Crippen LogP contribution in [0.5, 0.6) is 0 Å². The van der Waals surface area contributed by atoms with E-state index in [0.29, 0.717) is 10.8 Å². The van der Waals surface area contributed by atoms with Crippen LogP contribution < -0.4 is 11.1 Å². The Balaban J connectivity index is 1.81. The standard InChI is InChI=1S/C21H15Cl2N3O3/c1-25-21-12(3-2-6-26-21)10-7-15(27)17-16(8-10)29-20(18(17)24)19(28)13-5-4-11(22)9-14(13)23/h2-6,8-9H,7,24H2,1H3,(H,25,26). The molecule has 4 rings (SSSR count). The number of carbonyl (C=O) groups excluding carboxylic acids is 2. The molecule has 3 aromatic rings. The first-order chi connectivity index (χ1) is 13.9. The fourth-order valence-corrected chi connectivity index (χ4v) is 3.82. The molecular weight excluding hydrogens is 413 g/mol. The first-order valence-corrected chi connectivity index (χ1v) is 9.45. The number of pyridine rings is 1. The second kappa shape index (κ2) is 7.39. The van der Waals surface area contributed by atoms with E-state index in [1.54, 1.807) is 31.5 Å². The van der Waals surface area contributed by atoms with Crippen LogP contribution in [-0.2, 0) is 0 Å². The lowest BCUT2D eigenvalue weighted by Gasteiger charge is -2.14. The van der Waals surface area contributed by atoms with Crippen LogP contribution in [0.2, 0.25) is 10.0 Å². The van der Waals surface area contributed by atoms with Crippen LogP contribution in [0.3, 0.4) is 0 Å². The molecular formula is C21H15Cl2N3O3. The molecule has 1 aliphatic carbocycles. The summed E-state index contributed by atoms with van der Waals surface area (Å²) in [6.45, 7) is 0. The molecule has 0 radical (unpaired) electrons. The number of hydrogen-bond acceptors (Lipinski definition) is 6. The maximum absolute atomic E-state index is 12.9. The lowest BCUT2D eigenvalue weighted by atomic mass is 9.91. The zero-order valence-electron chi connectivity index (χ0n) is 15.3. The van der Waals surface area contributed by atoms with Crippen LogP contribution in [0.1, 0.15) is 44.2 Å². The number of halogens is 2. The highest BCUT2D eigenvalue weighted by molar-refractivity contribution is 6.37. The van der Waals surface area contributed by atoms with E-state index in [4.69, 9.17) is 33.4 Å². The number of nitrogens with zero attached hydrogens (tertiary/aromatic N) is 1. The number of hydrogen-bond donors (Lipinski definition) is 2. The van der Waals surface area contributed by atoms with Crippen LogP contribution >= 0.6 is 23.2 Å². The smallest absolute Gasteiger partial charge is 0.231 e. The van der Waals surface area contributed by atoms with Gasteiger partial charge in [-0.05, 0) is 42.0 Å². The maximum Gasteiger partial charge on any atom is 0.231 e. The summed E-state index contributed by atoms with van der Waals surface area (Å²) >= 11 is 12.0. The van der Waals surface area contributed by atoms with E-state index in [2.05, 4.69) is 10.3 Å². The van der Waals surface area contributed by atoms with E-state index >= 15 is 0 Å². The molecule has 1 aromatic carbocycles. The van der Waals surface area contributed by atoms with E-state index < -0.39 is 5.78 Å². The molecule has 29 heavy (non-hydrogen) atoms. The number of aromatic nitrogens is 1. The largest absolute Gasteiger partial charge is 0.450 e. The summed E-state index contributed by atoms with van der Waals surface area (Å²) in [5, 5.41) is 3.58. The Hall–Kier alpha value is -3.09. The summed E-state index contributed by atoms with van der Waals surface area (Å²) in [5.41, 5.74) is 8.02. The second-order valence-corrected chi connectivity index (χ2v) is 7.30. The van der Waals surface area contributed by atoms with Crippen LogP contribution in [0, 0.1) is 0 Å². The van der Waals surface area contributed by atoms with Gasteiger partial charge in [-0.2, -0.15) is 0 Å². The highest BCUT2D eigenvalue weighted by Gasteiger charge is 2.31. The molecule has 0 fully saturated rings. The molecule has 0 unspecified atom stereocenters. The molecule has 2 aromatic heterocycles. The number of furan rings is 1. The zero-order valence-corrected chi connectivity index (χ0v) is 16.8. The first kappa shape index (κ1) is 19.2. The fraction of sp³-hybridized carbons (Fsp3) is 0.0952. The molecule has 0 aliphatic heterocycles. The van der Waals surface area contributed by atoms with Gasteiger partial charge in [-0.25, -0.2) is 4.98 Å². The molecule has 1 aliphatic rings. The number of fused-ring (bicyclic) bond motifs is 1. The molecule has 6 nitrogen and oxygen atoms in total. The van der Waals surface area contributed by atoms with Gasteiger partial charge in [-0.3, -0.25) is 9.59 Å². The van der Waals surface area contributed by atoms with Gasteiger partial charge in [-0.15, -0.1) is 0 Å². The number of nitrogens with two attached hydrogens (primary N) is 1. The van der Waals surface area contributed by atoms with E-state index in [1.807, 2.05) is 6.07 Å². The average molecular weight is 428 g/mol. The van der Waals surface area contributed by atoms with Crippen molar-refractivity contribution in [2.75, 3.05) is 18.1 Å². The van der Waals surface area contributed by atoms with Gasteiger partial charge in [-0.1, -0.05) is 23.2 Å². The summed E-state index contributed by atoms with van der Waals surface area (Å²) in [4.78, 5) is 30.0. The number of benzene rings is 1. The Kier molecular flexibility index (Phi) is 4.90. The van der Waals surface area contributed by atoms with Crippen LogP contribution in [0.15, 0.2) is 40.9 Å². The molecule has 0 amide bonds. The highest BCUT2D eigenvalue weighted by atomic mass is 35.5. The van der Waals surface area contributed by atoms with Gasteiger partial charge < -0.3 is 15.5 Å². The van der Waals surface area contributed by atoms with Crippen molar-refractivity contribution in [1.82, 2.24) is 4.98 Å². The number of rotatable bonds is 4. The summed E-state index contributed by atoms with van der Waals surface area (Å²) in [6.07, 6.45) is 3.49. The number of ketones is 2. The molecule has 0 saturated heterocycles. The number of nitrogens with one attached hydrogen (secondary N) is 1. The minimum atomic E-state index is -0.515. The molecule has 8 heteroatoms. The Morgan fingerprint density at radius 2 is 2.07 bits per heavy atom. The summed E-state index contributed by atoms with van der Waals surface area (Å²) in [5.74, 6) is 0.0153. The molecule has 0 spiro atoms. The summed E-state index contributed by atoms with van der Waals surface area (Å²) in [7, 11) is 1.75. The van der Waals surface area contributed by atoms with Gasteiger partial charge in [0.05, 0.1) is 16.3 Å². The molecule has 0 atom stereocenters. The van der Waals surface area contributed by atoms with Gasteiger partial charge in [0.25, 0.3) is 0 Å². The Labute approximate surface area is 176 Å². The predicted molar refractivity (Wildman–Crippen MR) is 114 cm³/mol. The van der Waals surface area contributed by atoms with Crippen molar-refractivity contribution in [2.45, 2.75) is 6.42 Å². The Morgan fingerprint density at radius 3 is 2.79 bits per heavy atom. The third-order valence-corrected chi connectivity index (χ3v) is 5.23. The lowest BCUT2D eigenvalue weighted by Crippen LogP contribution is -2.10. The average Bonchev–Trinajstić information content (AvgIpc) is 3.04. The van der Waals surface area contributed by atoms with E-state index in [-0.39, 0.29) is 45.6 Å². The van der Waals surface area contributed by atoms with Gasteiger partial charge in [0.2, 0.25) is 5.78 Å². The number of allylic oxidation sites excluding steroid dienone is 1. The van der Waals surface area contributed by atoms with E-state index in [9.17, 15) is 9.59 Å². The van der Waals surface area contributed by atoms with Gasteiger partial charge in [0, 0.05) is 35.8 Å². The minimum Gasteiger partial charge on any atom is -0.450 e. The number of Topliss-reactive ketones (excluding diaryl/α,β-unsaturated/α-hetero) is 1. The van der Waals surface area contributed by atoms with E-state index in [1.165, 1.54) is 12.1 Å². The van der Waals surface area contributed by atoms with Crippen molar-refractivity contribution in [3.63, 3.8) is 0 Å². The predicted octanol–water partition coefficient (Wildman–Crippen LogP) is 4.96. The second-order valence-electron chi connectivity index (χ2n) is 6.46. The van der Waals surface area contributed by atoms with Gasteiger partial charge in [0.1, 0.15) is 11.6 Å². The molecule has 2 heterocycles. The topological polar surface area (TPSA) is 98.2 Å². The van der Waals surface area contributed by atoms with Crippen molar-refractivity contribution in [3.8, 4) is 0 Å². The molecule has 3 N–H and O–H groups in total. The molecule has 0 bridgehead atoms. The fourth-order valence-electron chi connectivity index (χ4n) is 3.32. The maximum atomic E-state index is 12.9. The number of nitrogen functional groups attached to an aromatic ring is 1. The molecule has 0 saturated carbocycles. The van der Waals surface area contributed by atoms with Gasteiger partial charge >= 0.3 is 0 Å². The minimum absolute atomic E-state index is 0.0105. The van der Waals surface area contributed by atoms with Crippen molar-refractivity contribution < 1.29 is 14.0 Å². The van der Waals surface area contributed by atoms with Crippen molar-refractivity contribution in [3.05, 3.63) is 74.8 Å². The van der Waals surface area contributed by atoms with Crippen LogP contribution in [0.25, 0.3) is 11.6 Å². The zero-order chi connectivity index (χ0) is 20.7. The van der Waals surface area contributed by atoms with Crippen molar-refractivity contribution in [1.29, 1.82) is 0 Å². The van der Waals surface area contributed by atoms with Crippen LogP contribution in [-0.4, -0.2) is 23.6 Å². The quantitative estimate of drug-likeness (QED) is 0.570. The number of anilines is 2. The lowest BCUT2D eigenvalue weighted by molar-refractivity contribution is 0.0991. The third-order valence-electron chi connectivity index (χ3n) is 4.68. The SMILES string of the molecule is CNc1ncccc1C1=Cc2oc(C(=O)c3ccc(Cl)cc3Cl)c(N)c2C(=O)C1. The van der Waals surface area contributed by atoms with Crippen molar-refractivity contribution in [2.24, 2.45) is 0 Å². The summed E-state index contributed by atoms with van der Waals surface area (Å²) < 4.78 is 5.73. The van der Waals surface area contributed by atoms with Crippen LogP contribution in [0.4, 0.5) is 11.5 Å². The molecule has 146 valence electrons. The normalized spacial score (nSPS) is 13.1. The highest BCUT2D eigenvalue weighted by Crippen LogP contribution is 2.39. The number of carbonyl (C=O) groups is 2.